The van der Waals surface area contributed by atoms with Gasteiger partial charge in [-0.15, -0.1) is 0 Å². The van der Waals surface area contributed by atoms with Crippen molar-refractivity contribution < 1.29 is 4.79 Å². The molecule has 1 N–H and O–H groups in total. The molecule has 36 heavy (non-hydrogen) atoms. The maximum Gasteiger partial charge on any atom is 0.272 e. The second-order valence-electron chi connectivity index (χ2n) is 9.03. The minimum Gasteiger partial charge on any atom is -0.267 e. The molecule has 1 aromatic heterocycles. The van der Waals surface area contributed by atoms with Crippen molar-refractivity contribution >= 4 is 34.1 Å². The lowest BCUT2D eigenvalue weighted by molar-refractivity contribution is 0.0956. The number of para-hydroxylation sites is 1. The number of pyridine rings is 1. The molecule has 1 heterocycles. The molecular formula is C31H32ClN3O. The van der Waals surface area contributed by atoms with Crippen molar-refractivity contribution in [2.45, 2.75) is 52.9 Å². The number of benzene rings is 3. The summed E-state index contributed by atoms with van der Waals surface area (Å²) in [6.45, 7) is 8.57. The Bertz CT molecular complexity index is 1390. The molecule has 0 unspecified atom stereocenters. The summed E-state index contributed by atoms with van der Waals surface area (Å²) in [7, 11) is 0. The van der Waals surface area contributed by atoms with Crippen molar-refractivity contribution in [3.8, 4) is 11.3 Å². The molecular weight excluding hydrogens is 466 g/mol. The molecule has 1 atom stereocenters. The highest BCUT2D eigenvalue weighted by atomic mass is 35.5. The van der Waals surface area contributed by atoms with Crippen LogP contribution in [0.25, 0.3) is 22.2 Å². The Labute approximate surface area is 218 Å². The number of carbonyl (C=O) groups excluding carboxylic acids is 1. The average molecular weight is 498 g/mol. The van der Waals surface area contributed by atoms with Crippen molar-refractivity contribution in [3.05, 3.63) is 100 Å². The predicted molar refractivity (Wildman–Crippen MR) is 151 cm³/mol. The van der Waals surface area contributed by atoms with Gasteiger partial charge in [0.25, 0.3) is 5.91 Å². The molecule has 184 valence electrons. The van der Waals surface area contributed by atoms with E-state index in [1.807, 2.05) is 37.3 Å². The Hall–Kier alpha value is -3.50. The lowest BCUT2D eigenvalue weighted by Gasteiger charge is -2.12. The van der Waals surface area contributed by atoms with Crippen LogP contribution in [0.15, 0.2) is 77.9 Å². The molecule has 4 aromatic rings. The molecule has 0 saturated carbocycles. The monoisotopic (exact) mass is 497 g/mol. The SMILES string of the molecule is CC/C(=N\NC(=O)c1cc(-c2ccc(CC)cc2)nc2c(Cl)cccc12)c1ccc([C@H](C)CC)cc1. The van der Waals surface area contributed by atoms with Gasteiger partial charge in [0.2, 0.25) is 0 Å². The predicted octanol–water partition coefficient (Wildman–Crippen LogP) is 8.18. The van der Waals surface area contributed by atoms with E-state index in [9.17, 15) is 4.79 Å². The van der Waals surface area contributed by atoms with Crippen molar-refractivity contribution in [3.63, 3.8) is 0 Å². The fourth-order valence-corrected chi connectivity index (χ4v) is 4.44. The van der Waals surface area contributed by atoms with E-state index >= 15 is 0 Å². The number of aromatic nitrogens is 1. The van der Waals surface area contributed by atoms with Gasteiger partial charge in [0.1, 0.15) is 0 Å². The molecule has 4 nitrogen and oxygen atoms in total. The van der Waals surface area contributed by atoms with Crippen molar-refractivity contribution in [1.29, 1.82) is 0 Å². The van der Waals surface area contributed by atoms with Gasteiger partial charge in [-0.2, -0.15) is 5.10 Å². The fraction of sp³-hybridized carbons (Fsp3) is 0.258. The number of fused-ring (bicyclic) bond motifs is 1. The quantitative estimate of drug-likeness (QED) is 0.197. The maximum absolute atomic E-state index is 13.4. The van der Waals surface area contributed by atoms with Crippen LogP contribution >= 0.6 is 11.6 Å². The van der Waals surface area contributed by atoms with Gasteiger partial charge in [0.15, 0.2) is 0 Å². The van der Waals surface area contributed by atoms with E-state index in [1.165, 1.54) is 11.1 Å². The largest absolute Gasteiger partial charge is 0.272 e. The number of hydrazone groups is 1. The molecule has 4 rings (SSSR count). The number of hydrogen-bond acceptors (Lipinski definition) is 3. The first-order valence-corrected chi connectivity index (χ1v) is 13.0. The zero-order valence-corrected chi connectivity index (χ0v) is 22.1. The second kappa shape index (κ2) is 11.5. The van der Waals surface area contributed by atoms with Gasteiger partial charge < -0.3 is 0 Å². The summed E-state index contributed by atoms with van der Waals surface area (Å²) in [5.41, 5.74) is 9.88. The van der Waals surface area contributed by atoms with Crippen LogP contribution in [0.4, 0.5) is 0 Å². The van der Waals surface area contributed by atoms with Crippen LogP contribution in [-0.4, -0.2) is 16.6 Å². The number of aryl methyl sites for hydroxylation is 1. The summed E-state index contributed by atoms with van der Waals surface area (Å²) >= 11 is 6.49. The summed E-state index contributed by atoms with van der Waals surface area (Å²) in [5.74, 6) is 0.221. The van der Waals surface area contributed by atoms with Crippen LogP contribution in [0.3, 0.4) is 0 Å². The third kappa shape index (κ3) is 5.50. The number of nitrogens with zero attached hydrogens (tertiary/aromatic N) is 2. The molecule has 0 aliphatic carbocycles. The highest BCUT2D eigenvalue weighted by Crippen LogP contribution is 2.29. The number of amides is 1. The molecule has 5 heteroatoms. The topological polar surface area (TPSA) is 54.4 Å². The zero-order chi connectivity index (χ0) is 25.7. The minimum atomic E-state index is -0.293. The van der Waals surface area contributed by atoms with Crippen LogP contribution in [-0.2, 0) is 6.42 Å². The van der Waals surface area contributed by atoms with Gasteiger partial charge in [-0.25, -0.2) is 10.4 Å². The summed E-state index contributed by atoms with van der Waals surface area (Å²) in [6.07, 6.45) is 2.75. The Kier molecular flexibility index (Phi) is 8.17. The van der Waals surface area contributed by atoms with E-state index in [0.717, 1.165) is 29.7 Å². The molecule has 0 radical (unpaired) electrons. The summed E-state index contributed by atoms with van der Waals surface area (Å²) in [5, 5.41) is 5.70. The molecule has 0 spiro atoms. The molecule has 1 amide bonds. The number of carbonyl (C=O) groups is 1. The highest BCUT2D eigenvalue weighted by Gasteiger charge is 2.16. The first-order valence-electron chi connectivity index (χ1n) is 12.6. The van der Waals surface area contributed by atoms with Crippen LogP contribution in [0.1, 0.15) is 73.5 Å². The summed E-state index contributed by atoms with van der Waals surface area (Å²) in [4.78, 5) is 18.2. The molecule has 0 fully saturated rings. The van der Waals surface area contributed by atoms with E-state index < -0.39 is 0 Å². The van der Waals surface area contributed by atoms with Crippen LogP contribution in [0, 0.1) is 0 Å². The Morgan fingerprint density at radius 1 is 1.00 bits per heavy atom. The molecule has 0 aliphatic rings. The standard InChI is InChI=1S/C31H32ClN3O/c1-5-20(4)22-15-17-23(18-16-22)28(7-3)34-35-31(36)26-19-29(24-13-11-21(6-2)12-14-24)33-30-25(26)9-8-10-27(30)32/h8-20H,5-7H2,1-4H3,(H,35,36)/b34-28+/t20-/m1/s1. The van der Waals surface area contributed by atoms with Crippen molar-refractivity contribution in [1.82, 2.24) is 10.4 Å². The normalized spacial score (nSPS) is 12.5. The van der Waals surface area contributed by atoms with Gasteiger partial charge in [0, 0.05) is 10.9 Å². The van der Waals surface area contributed by atoms with E-state index in [4.69, 9.17) is 16.6 Å². The van der Waals surface area contributed by atoms with Crippen LogP contribution < -0.4 is 5.43 Å². The van der Waals surface area contributed by atoms with Gasteiger partial charge >= 0.3 is 0 Å². The van der Waals surface area contributed by atoms with Gasteiger partial charge in [-0.1, -0.05) is 100.0 Å². The number of nitrogens with one attached hydrogen (secondary N) is 1. The lowest BCUT2D eigenvalue weighted by Crippen LogP contribution is -2.20. The van der Waals surface area contributed by atoms with Gasteiger partial charge in [-0.3, -0.25) is 4.79 Å². The lowest BCUT2D eigenvalue weighted by atomic mass is 9.96. The first kappa shape index (κ1) is 25.6. The van der Waals surface area contributed by atoms with E-state index in [0.29, 0.717) is 39.5 Å². The highest BCUT2D eigenvalue weighted by molar-refractivity contribution is 6.35. The minimum absolute atomic E-state index is 0.293. The average Bonchev–Trinajstić information content (AvgIpc) is 2.93. The van der Waals surface area contributed by atoms with E-state index in [-0.39, 0.29) is 5.91 Å². The first-order chi connectivity index (χ1) is 17.4. The second-order valence-corrected chi connectivity index (χ2v) is 9.43. The van der Waals surface area contributed by atoms with E-state index in [1.54, 1.807) is 6.07 Å². The molecule has 0 aliphatic heterocycles. The number of halogens is 1. The zero-order valence-electron chi connectivity index (χ0n) is 21.3. The molecule has 0 saturated heterocycles. The summed E-state index contributed by atoms with van der Waals surface area (Å²) in [6, 6.07) is 24.0. The Morgan fingerprint density at radius 3 is 2.36 bits per heavy atom. The van der Waals surface area contributed by atoms with Crippen LogP contribution in [0.2, 0.25) is 5.02 Å². The summed E-state index contributed by atoms with van der Waals surface area (Å²) < 4.78 is 0. The third-order valence-electron chi connectivity index (χ3n) is 6.75. The van der Waals surface area contributed by atoms with E-state index in [2.05, 4.69) is 67.7 Å². The third-order valence-corrected chi connectivity index (χ3v) is 7.05. The maximum atomic E-state index is 13.4. The molecule has 0 bridgehead atoms. The van der Waals surface area contributed by atoms with Crippen molar-refractivity contribution in [2.24, 2.45) is 5.10 Å². The number of hydrogen-bond donors (Lipinski definition) is 1. The van der Waals surface area contributed by atoms with Gasteiger partial charge in [-0.05, 0) is 54.0 Å². The fourth-order valence-electron chi connectivity index (χ4n) is 4.23. The Balaban J connectivity index is 1.68. The van der Waals surface area contributed by atoms with Crippen LogP contribution in [0.5, 0.6) is 0 Å². The smallest absolute Gasteiger partial charge is 0.267 e. The number of rotatable bonds is 8. The van der Waals surface area contributed by atoms with Gasteiger partial charge in [0.05, 0.1) is 27.5 Å². The van der Waals surface area contributed by atoms with Crippen molar-refractivity contribution in [2.75, 3.05) is 0 Å². The Morgan fingerprint density at radius 2 is 1.72 bits per heavy atom. The molecule has 3 aromatic carbocycles.